The summed E-state index contributed by atoms with van der Waals surface area (Å²) in [5.41, 5.74) is 1.52. The van der Waals surface area contributed by atoms with E-state index in [9.17, 15) is 0 Å². The lowest BCUT2D eigenvalue weighted by Gasteiger charge is -2.43. The van der Waals surface area contributed by atoms with Crippen LogP contribution in [0.4, 0.5) is 0 Å². The van der Waals surface area contributed by atoms with Crippen LogP contribution in [0.3, 0.4) is 0 Å². The first kappa shape index (κ1) is 31.3. The summed E-state index contributed by atoms with van der Waals surface area (Å²) in [6.45, 7) is 23.8. The maximum atomic E-state index is 6.26. The van der Waals surface area contributed by atoms with Gasteiger partial charge in [0.15, 0.2) is 0 Å². The molecular formula is C32H58N4O2. The molecule has 2 aliphatic carbocycles. The van der Waals surface area contributed by atoms with E-state index in [0.29, 0.717) is 42.4 Å². The molecule has 0 aromatic carbocycles. The molecule has 0 amide bonds. The summed E-state index contributed by atoms with van der Waals surface area (Å²) in [4.78, 5) is 6.88. The van der Waals surface area contributed by atoms with Crippen molar-refractivity contribution in [1.29, 1.82) is 0 Å². The Morgan fingerprint density at radius 1 is 0.921 bits per heavy atom. The van der Waals surface area contributed by atoms with E-state index in [0.717, 1.165) is 24.6 Å². The van der Waals surface area contributed by atoms with Gasteiger partial charge in [-0.2, -0.15) is 0 Å². The molecule has 2 heterocycles. The van der Waals surface area contributed by atoms with E-state index < -0.39 is 0 Å². The van der Waals surface area contributed by atoms with Gasteiger partial charge >= 0.3 is 0 Å². The zero-order chi connectivity index (χ0) is 27.9. The van der Waals surface area contributed by atoms with Crippen molar-refractivity contribution in [2.24, 2.45) is 5.92 Å². The smallest absolute Gasteiger partial charge is 0.213 e. The van der Waals surface area contributed by atoms with Crippen molar-refractivity contribution < 1.29 is 9.47 Å². The third kappa shape index (κ3) is 11.1. The van der Waals surface area contributed by atoms with E-state index in [1.165, 1.54) is 50.9 Å². The molecule has 0 bridgehead atoms. The molecule has 3 aliphatic rings. The number of rotatable bonds is 10. The predicted octanol–water partition coefficient (Wildman–Crippen LogP) is 6.16. The zero-order valence-electron chi connectivity index (χ0n) is 25.9. The van der Waals surface area contributed by atoms with Gasteiger partial charge in [-0.05, 0) is 82.8 Å². The molecular weight excluding hydrogens is 472 g/mol. The van der Waals surface area contributed by atoms with E-state index in [4.69, 9.17) is 9.47 Å². The van der Waals surface area contributed by atoms with Crippen molar-refractivity contribution in [1.82, 2.24) is 20.5 Å². The Labute approximate surface area is 234 Å². The Balaban J connectivity index is 0.000000212. The SMILES string of the molecule is CC(C)CN1CCC(OC2CC(NC(C)(C)C)C2)CC1.CC(C)NC1CC(Oc2cc(C(C)C)ccn2)C1. The van der Waals surface area contributed by atoms with Crippen LogP contribution in [0, 0.1) is 5.92 Å². The maximum absolute atomic E-state index is 6.26. The molecule has 4 rings (SSSR count). The average Bonchev–Trinajstić information content (AvgIpc) is 2.76. The third-order valence-corrected chi connectivity index (χ3v) is 7.65. The maximum Gasteiger partial charge on any atom is 0.213 e. The van der Waals surface area contributed by atoms with Crippen LogP contribution in [-0.4, -0.2) is 71.5 Å². The van der Waals surface area contributed by atoms with Gasteiger partial charge in [0, 0.05) is 55.6 Å². The van der Waals surface area contributed by atoms with Gasteiger partial charge in [0.1, 0.15) is 6.10 Å². The van der Waals surface area contributed by atoms with E-state index in [1.54, 1.807) is 0 Å². The van der Waals surface area contributed by atoms with Crippen molar-refractivity contribution >= 4 is 0 Å². The number of aromatic nitrogens is 1. The second-order valence-electron chi connectivity index (χ2n) is 14.0. The second kappa shape index (κ2) is 14.4. The Morgan fingerprint density at radius 3 is 2.11 bits per heavy atom. The molecule has 1 aromatic rings. The summed E-state index contributed by atoms with van der Waals surface area (Å²) in [6, 6.07) is 5.96. The molecule has 0 spiro atoms. The summed E-state index contributed by atoms with van der Waals surface area (Å²) in [5, 5.41) is 7.19. The molecule has 2 N–H and O–H groups in total. The van der Waals surface area contributed by atoms with Gasteiger partial charge < -0.3 is 25.0 Å². The molecule has 6 nitrogen and oxygen atoms in total. The minimum Gasteiger partial charge on any atom is -0.474 e. The first-order valence-electron chi connectivity index (χ1n) is 15.4. The van der Waals surface area contributed by atoms with Gasteiger partial charge in [0.25, 0.3) is 0 Å². The van der Waals surface area contributed by atoms with E-state index in [2.05, 4.69) is 95.0 Å². The molecule has 0 atom stereocenters. The van der Waals surface area contributed by atoms with Crippen molar-refractivity contribution in [3.05, 3.63) is 23.9 Å². The van der Waals surface area contributed by atoms with Crippen LogP contribution in [-0.2, 0) is 4.74 Å². The Bertz CT molecular complexity index is 802. The van der Waals surface area contributed by atoms with Crippen LogP contribution in [0.2, 0.25) is 0 Å². The molecule has 1 saturated heterocycles. The highest BCUT2D eigenvalue weighted by Crippen LogP contribution is 2.29. The molecule has 3 fully saturated rings. The van der Waals surface area contributed by atoms with Crippen LogP contribution in [0.5, 0.6) is 5.88 Å². The normalized spacial score (nSPS) is 26.6. The Hall–Kier alpha value is -1.21. The Kier molecular flexibility index (Phi) is 11.9. The predicted molar refractivity (Wildman–Crippen MR) is 159 cm³/mol. The van der Waals surface area contributed by atoms with Crippen LogP contribution >= 0.6 is 0 Å². The molecule has 38 heavy (non-hydrogen) atoms. The van der Waals surface area contributed by atoms with Gasteiger partial charge in [-0.25, -0.2) is 4.98 Å². The zero-order valence-corrected chi connectivity index (χ0v) is 25.9. The largest absolute Gasteiger partial charge is 0.474 e. The highest BCUT2D eigenvalue weighted by atomic mass is 16.5. The summed E-state index contributed by atoms with van der Waals surface area (Å²) in [7, 11) is 0. The highest BCUT2D eigenvalue weighted by Gasteiger charge is 2.34. The average molecular weight is 531 g/mol. The number of nitrogens with one attached hydrogen (secondary N) is 2. The molecule has 0 unspecified atom stereocenters. The quantitative estimate of drug-likeness (QED) is 0.378. The van der Waals surface area contributed by atoms with Crippen molar-refractivity contribution in [3.8, 4) is 5.88 Å². The van der Waals surface area contributed by atoms with Crippen molar-refractivity contribution in [2.75, 3.05) is 19.6 Å². The number of nitrogens with zero attached hydrogens (tertiary/aromatic N) is 2. The van der Waals surface area contributed by atoms with Crippen LogP contribution in [0.15, 0.2) is 18.3 Å². The van der Waals surface area contributed by atoms with Crippen molar-refractivity contribution in [3.63, 3.8) is 0 Å². The van der Waals surface area contributed by atoms with E-state index in [1.807, 2.05) is 6.20 Å². The number of hydrogen-bond acceptors (Lipinski definition) is 6. The third-order valence-electron chi connectivity index (χ3n) is 7.65. The summed E-state index contributed by atoms with van der Waals surface area (Å²) < 4.78 is 12.2. The lowest BCUT2D eigenvalue weighted by Crippen LogP contribution is -2.53. The van der Waals surface area contributed by atoms with E-state index >= 15 is 0 Å². The molecule has 218 valence electrons. The fraction of sp³-hybridized carbons (Fsp3) is 0.844. The topological polar surface area (TPSA) is 58.7 Å². The van der Waals surface area contributed by atoms with Gasteiger partial charge in [-0.15, -0.1) is 0 Å². The van der Waals surface area contributed by atoms with Gasteiger partial charge in [-0.1, -0.05) is 41.5 Å². The van der Waals surface area contributed by atoms with Gasteiger partial charge in [-0.3, -0.25) is 0 Å². The number of likely N-dealkylation sites (tertiary alicyclic amines) is 1. The summed E-state index contributed by atoms with van der Waals surface area (Å²) in [6.07, 6.45) is 10.2. The second-order valence-corrected chi connectivity index (χ2v) is 14.0. The first-order chi connectivity index (χ1) is 17.9. The number of ether oxygens (including phenoxy) is 2. The Morgan fingerprint density at radius 2 is 1.55 bits per heavy atom. The highest BCUT2D eigenvalue weighted by molar-refractivity contribution is 5.23. The van der Waals surface area contributed by atoms with Gasteiger partial charge in [0.2, 0.25) is 5.88 Å². The first-order valence-corrected chi connectivity index (χ1v) is 15.4. The molecule has 1 aromatic heterocycles. The van der Waals surface area contributed by atoms with Crippen molar-refractivity contribution in [2.45, 2.75) is 149 Å². The molecule has 0 radical (unpaired) electrons. The number of pyridine rings is 1. The minimum atomic E-state index is 0.234. The van der Waals surface area contributed by atoms with Crippen LogP contribution in [0.1, 0.15) is 112 Å². The summed E-state index contributed by atoms with van der Waals surface area (Å²) >= 11 is 0. The monoisotopic (exact) mass is 530 g/mol. The molecule has 1 aliphatic heterocycles. The standard InChI is InChI=1S/C17H34N2O.C15H24N2O/c1-13(2)12-19-8-6-15(7-9-19)20-16-10-14(11-16)18-17(3,4)5;1-10(2)12-5-6-16-15(7-12)18-14-8-13(9-14)17-11(3)4/h13-16,18H,6-12H2,1-5H3;5-7,10-11,13-14,17H,8-9H2,1-4H3. The number of piperidine rings is 1. The van der Waals surface area contributed by atoms with Crippen LogP contribution < -0.4 is 15.4 Å². The van der Waals surface area contributed by atoms with E-state index in [-0.39, 0.29) is 5.54 Å². The molecule has 2 saturated carbocycles. The lowest BCUT2D eigenvalue weighted by molar-refractivity contribution is -0.0871. The van der Waals surface area contributed by atoms with Crippen LogP contribution in [0.25, 0.3) is 0 Å². The fourth-order valence-electron chi connectivity index (χ4n) is 5.71. The fourth-order valence-corrected chi connectivity index (χ4v) is 5.71. The lowest BCUT2D eigenvalue weighted by atomic mass is 9.87. The van der Waals surface area contributed by atoms with Gasteiger partial charge in [0.05, 0.1) is 12.2 Å². The molecule has 6 heteroatoms. The number of hydrogen-bond donors (Lipinski definition) is 2. The minimum absolute atomic E-state index is 0.234. The summed E-state index contributed by atoms with van der Waals surface area (Å²) in [5.74, 6) is 2.07.